The van der Waals surface area contributed by atoms with Crippen molar-refractivity contribution < 1.29 is 10.2 Å². The van der Waals surface area contributed by atoms with Crippen LogP contribution in [0.4, 0.5) is 0 Å². The molecule has 0 spiro atoms. The zero-order valence-corrected chi connectivity index (χ0v) is 21.0. The lowest BCUT2D eigenvalue weighted by atomic mass is 9.55. The molecule has 30 heavy (non-hydrogen) atoms. The highest BCUT2D eigenvalue weighted by molar-refractivity contribution is 5.23. The lowest BCUT2D eigenvalue weighted by Crippen LogP contribution is -2.45. The Bertz CT molecular complexity index is 658. The van der Waals surface area contributed by atoms with Gasteiger partial charge in [-0.15, -0.1) is 12.3 Å². The first-order chi connectivity index (χ1) is 13.8. The number of aliphatic hydroxyl groups excluding tert-OH is 2. The SMILES string of the molecule is C=C1CC(CO)C1(C)C.C=CC1CC(CO)C1(C)C.CC=C=C1CC(CC)C1(C)C. The highest BCUT2D eigenvalue weighted by Gasteiger charge is 2.45. The summed E-state index contributed by atoms with van der Waals surface area (Å²) >= 11 is 0. The van der Waals surface area contributed by atoms with Gasteiger partial charge < -0.3 is 10.2 Å². The summed E-state index contributed by atoms with van der Waals surface area (Å²) in [7, 11) is 0. The largest absolute Gasteiger partial charge is 0.396 e. The Kier molecular flexibility index (Phi) is 9.42. The van der Waals surface area contributed by atoms with Gasteiger partial charge in [0.15, 0.2) is 0 Å². The Morgan fingerprint density at radius 3 is 1.80 bits per heavy atom. The summed E-state index contributed by atoms with van der Waals surface area (Å²) < 4.78 is 0. The predicted octanol–water partition coefficient (Wildman–Crippen LogP) is 6.95. The molecule has 2 nitrogen and oxygen atoms in total. The summed E-state index contributed by atoms with van der Waals surface area (Å²) in [5.74, 6) is 2.47. The van der Waals surface area contributed by atoms with E-state index in [4.69, 9.17) is 10.2 Å². The van der Waals surface area contributed by atoms with E-state index in [0.29, 0.717) is 36.4 Å². The summed E-state index contributed by atoms with van der Waals surface area (Å²) in [6, 6.07) is 0. The lowest BCUT2D eigenvalue weighted by molar-refractivity contribution is -0.0258. The molecule has 3 saturated carbocycles. The molecule has 3 fully saturated rings. The minimum atomic E-state index is 0.203. The molecule has 2 N–H and O–H groups in total. The van der Waals surface area contributed by atoms with Crippen LogP contribution in [-0.2, 0) is 0 Å². The van der Waals surface area contributed by atoms with Crippen molar-refractivity contribution >= 4 is 0 Å². The van der Waals surface area contributed by atoms with E-state index in [9.17, 15) is 0 Å². The Morgan fingerprint density at radius 1 is 0.967 bits per heavy atom. The number of allylic oxidation sites excluding steroid dienone is 3. The van der Waals surface area contributed by atoms with Gasteiger partial charge in [0.05, 0.1) is 0 Å². The number of rotatable bonds is 4. The van der Waals surface area contributed by atoms with Crippen LogP contribution < -0.4 is 0 Å². The summed E-state index contributed by atoms with van der Waals surface area (Å²) in [4.78, 5) is 0. The molecule has 4 unspecified atom stereocenters. The van der Waals surface area contributed by atoms with Crippen molar-refractivity contribution in [3.63, 3.8) is 0 Å². The van der Waals surface area contributed by atoms with Crippen LogP contribution in [0, 0.1) is 39.9 Å². The quantitative estimate of drug-likeness (QED) is 0.384. The van der Waals surface area contributed by atoms with Gasteiger partial charge in [-0.2, -0.15) is 0 Å². The van der Waals surface area contributed by atoms with E-state index >= 15 is 0 Å². The van der Waals surface area contributed by atoms with E-state index in [1.54, 1.807) is 0 Å². The van der Waals surface area contributed by atoms with Gasteiger partial charge in [0.1, 0.15) is 0 Å². The zero-order chi connectivity index (χ0) is 23.3. The zero-order valence-electron chi connectivity index (χ0n) is 21.0. The minimum absolute atomic E-state index is 0.203. The molecule has 0 radical (unpaired) electrons. The van der Waals surface area contributed by atoms with E-state index in [1.807, 2.05) is 19.1 Å². The maximum Gasteiger partial charge on any atom is 0.0470 e. The van der Waals surface area contributed by atoms with Crippen LogP contribution in [0.25, 0.3) is 0 Å². The van der Waals surface area contributed by atoms with Gasteiger partial charge in [0.2, 0.25) is 0 Å². The fourth-order valence-electron chi connectivity index (χ4n) is 4.99. The summed E-state index contributed by atoms with van der Waals surface area (Å²) in [6.07, 6.45) is 8.75. The van der Waals surface area contributed by atoms with Gasteiger partial charge in [0.25, 0.3) is 0 Å². The Hall–Kier alpha value is -1.08. The molecule has 0 aromatic carbocycles. The third kappa shape index (κ3) is 5.39. The monoisotopic (exact) mass is 416 g/mol. The first-order valence-electron chi connectivity index (χ1n) is 11.8. The van der Waals surface area contributed by atoms with Crippen LogP contribution in [0.5, 0.6) is 0 Å². The maximum atomic E-state index is 8.90. The number of hydrogen-bond donors (Lipinski definition) is 2. The molecule has 3 aliphatic rings. The molecule has 0 aromatic rings. The topological polar surface area (TPSA) is 40.5 Å². The molecule has 0 aliphatic heterocycles. The van der Waals surface area contributed by atoms with Crippen molar-refractivity contribution in [3.8, 4) is 0 Å². The van der Waals surface area contributed by atoms with Crippen molar-refractivity contribution in [2.75, 3.05) is 13.2 Å². The molecule has 0 bridgehead atoms. The highest BCUT2D eigenvalue weighted by atomic mass is 16.3. The Morgan fingerprint density at radius 2 is 1.53 bits per heavy atom. The van der Waals surface area contributed by atoms with Crippen LogP contribution in [-0.4, -0.2) is 23.4 Å². The summed E-state index contributed by atoms with van der Waals surface area (Å²) in [5, 5.41) is 17.7. The molecule has 172 valence electrons. The van der Waals surface area contributed by atoms with Gasteiger partial charge >= 0.3 is 0 Å². The smallest absolute Gasteiger partial charge is 0.0470 e. The molecule has 4 atom stereocenters. The normalized spacial score (nSPS) is 31.8. The second-order valence-corrected chi connectivity index (χ2v) is 11.1. The van der Waals surface area contributed by atoms with Gasteiger partial charge in [0, 0.05) is 13.2 Å². The molecule has 2 heteroatoms. The van der Waals surface area contributed by atoms with Crippen molar-refractivity contribution in [1.29, 1.82) is 0 Å². The van der Waals surface area contributed by atoms with E-state index in [2.05, 4.69) is 67.4 Å². The van der Waals surface area contributed by atoms with Crippen molar-refractivity contribution in [1.82, 2.24) is 0 Å². The molecule has 0 saturated heterocycles. The van der Waals surface area contributed by atoms with Crippen LogP contribution in [0.3, 0.4) is 0 Å². The first-order valence-corrected chi connectivity index (χ1v) is 11.8. The van der Waals surface area contributed by atoms with Crippen molar-refractivity contribution in [2.45, 2.75) is 81.1 Å². The summed E-state index contributed by atoms with van der Waals surface area (Å²) in [6.45, 7) is 26.0. The molecule has 0 aromatic heterocycles. The third-order valence-corrected chi connectivity index (χ3v) is 8.76. The standard InChI is InChI=1S/C11H18.C9H16O.C8H14O/c1-5-7-10-8-9(6-2)11(10,3)4;1-4-7-5-8(6-10)9(7,2)3;1-6-4-7(5-9)8(6,2)3/h5,9H,6,8H2,1-4H3;4,7-8,10H,1,5-6H2,2-3H3;7,9H,1,4-5H2,2-3H3. The van der Waals surface area contributed by atoms with E-state index in [0.717, 1.165) is 18.8 Å². The predicted molar refractivity (Wildman–Crippen MR) is 130 cm³/mol. The van der Waals surface area contributed by atoms with Crippen LogP contribution in [0.1, 0.15) is 81.1 Å². The van der Waals surface area contributed by atoms with Crippen LogP contribution in [0.2, 0.25) is 0 Å². The second kappa shape index (κ2) is 10.5. The number of hydrogen-bond acceptors (Lipinski definition) is 2. The van der Waals surface area contributed by atoms with Crippen LogP contribution >= 0.6 is 0 Å². The Labute approximate surface area is 186 Å². The van der Waals surface area contributed by atoms with Crippen molar-refractivity contribution in [2.24, 2.45) is 39.9 Å². The lowest BCUT2D eigenvalue weighted by Gasteiger charge is -2.50. The highest BCUT2D eigenvalue weighted by Crippen LogP contribution is 2.52. The van der Waals surface area contributed by atoms with Crippen molar-refractivity contribution in [3.05, 3.63) is 42.2 Å². The fraction of sp³-hybridized carbons (Fsp3) is 0.750. The van der Waals surface area contributed by atoms with Gasteiger partial charge in [-0.05, 0) is 77.8 Å². The van der Waals surface area contributed by atoms with Gasteiger partial charge in [-0.3, -0.25) is 0 Å². The molecular formula is C28H48O2. The molecule has 3 aliphatic carbocycles. The third-order valence-electron chi connectivity index (χ3n) is 8.76. The average molecular weight is 417 g/mol. The second-order valence-electron chi connectivity index (χ2n) is 11.1. The maximum absolute atomic E-state index is 8.90. The molecule has 0 heterocycles. The van der Waals surface area contributed by atoms with E-state index in [-0.39, 0.29) is 10.8 Å². The van der Waals surface area contributed by atoms with Gasteiger partial charge in [-0.25, -0.2) is 0 Å². The van der Waals surface area contributed by atoms with Crippen LogP contribution in [0.15, 0.2) is 42.2 Å². The minimum Gasteiger partial charge on any atom is -0.396 e. The van der Waals surface area contributed by atoms with E-state index in [1.165, 1.54) is 24.0 Å². The van der Waals surface area contributed by atoms with Gasteiger partial charge in [-0.1, -0.05) is 73.1 Å². The molecular weight excluding hydrogens is 368 g/mol. The first kappa shape index (κ1) is 27.0. The summed E-state index contributed by atoms with van der Waals surface area (Å²) in [5.41, 5.74) is 7.04. The Balaban J connectivity index is 0.000000226. The fourth-order valence-corrected chi connectivity index (χ4v) is 4.99. The van der Waals surface area contributed by atoms with E-state index < -0.39 is 0 Å². The average Bonchev–Trinajstić information content (AvgIpc) is 2.69. The molecule has 0 amide bonds. The number of aliphatic hydroxyl groups is 2. The molecule has 3 rings (SSSR count).